The van der Waals surface area contributed by atoms with Gasteiger partial charge in [-0.3, -0.25) is 0 Å². The average Bonchev–Trinajstić information content (AvgIpc) is 2.45. The van der Waals surface area contributed by atoms with Crippen LogP contribution in [0.1, 0.15) is 31.9 Å². The smallest absolute Gasteiger partial charge is 0.119 e. The molecule has 0 aliphatic rings. The molecule has 0 aliphatic carbocycles. The molecule has 0 radical (unpaired) electrons. The van der Waals surface area contributed by atoms with E-state index in [0.717, 1.165) is 22.3 Å². The first-order valence-corrected chi connectivity index (χ1v) is 7.93. The summed E-state index contributed by atoms with van der Waals surface area (Å²) in [6.45, 7) is 7.95. The van der Waals surface area contributed by atoms with Gasteiger partial charge in [-0.25, -0.2) is 0 Å². The number of rotatable bonds is 5. The van der Waals surface area contributed by atoms with Gasteiger partial charge in [0.1, 0.15) is 12.4 Å². The van der Waals surface area contributed by atoms with E-state index >= 15 is 0 Å². The van der Waals surface area contributed by atoms with Gasteiger partial charge in [0.2, 0.25) is 0 Å². The lowest BCUT2D eigenvalue weighted by Gasteiger charge is -2.20. The highest BCUT2D eigenvalue weighted by atomic mass is 79.9. The van der Waals surface area contributed by atoms with Crippen LogP contribution in [-0.4, -0.2) is 5.54 Å². The summed E-state index contributed by atoms with van der Waals surface area (Å²) in [7, 11) is 0. The molecule has 0 heterocycles. The first-order chi connectivity index (χ1) is 9.94. The van der Waals surface area contributed by atoms with Gasteiger partial charge in [0, 0.05) is 22.1 Å². The van der Waals surface area contributed by atoms with Gasteiger partial charge >= 0.3 is 0 Å². The zero-order valence-corrected chi connectivity index (χ0v) is 14.4. The van der Waals surface area contributed by atoms with Crippen molar-refractivity contribution in [2.75, 3.05) is 0 Å². The second kappa shape index (κ2) is 7.10. The molecule has 0 atom stereocenters. The van der Waals surface area contributed by atoms with E-state index in [9.17, 15) is 0 Å². The zero-order chi connectivity index (χ0) is 15.3. The highest BCUT2D eigenvalue weighted by molar-refractivity contribution is 9.10. The minimum absolute atomic E-state index is 0.134. The first kappa shape index (κ1) is 16.1. The number of hydrogen-bond donors (Lipinski definition) is 1. The third-order valence-electron chi connectivity index (χ3n) is 3.10. The highest BCUT2D eigenvalue weighted by Gasteiger charge is 2.08. The lowest BCUT2D eigenvalue weighted by molar-refractivity contribution is 0.305. The third kappa shape index (κ3) is 5.52. The molecule has 2 aromatic rings. The van der Waals surface area contributed by atoms with Gasteiger partial charge in [-0.15, -0.1) is 0 Å². The van der Waals surface area contributed by atoms with Crippen LogP contribution in [0.25, 0.3) is 0 Å². The number of halogens is 1. The topological polar surface area (TPSA) is 21.3 Å². The summed E-state index contributed by atoms with van der Waals surface area (Å²) in [6, 6.07) is 16.4. The molecule has 0 fully saturated rings. The van der Waals surface area contributed by atoms with Crippen molar-refractivity contribution in [3.8, 4) is 5.75 Å². The molecule has 0 bridgehead atoms. The molecule has 2 rings (SSSR count). The Morgan fingerprint density at radius 2 is 1.67 bits per heavy atom. The van der Waals surface area contributed by atoms with Gasteiger partial charge in [-0.2, -0.15) is 0 Å². The number of benzene rings is 2. The van der Waals surface area contributed by atoms with Crippen molar-refractivity contribution < 1.29 is 4.74 Å². The molecule has 0 spiro atoms. The molecule has 0 aromatic heterocycles. The maximum Gasteiger partial charge on any atom is 0.119 e. The molecule has 0 amide bonds. The summed E-state index contributed by atoms with van der Waals surface area (Å²) in [6.07, 6.45) is 0. The van der Waals surface area contributed by atoms with Crippen LogP contribution in [0.5, 0.6) is 5.75 Å². The lowest BCUT2D eigenvalue weighted by atomic mass is 10.1. The summed E-state index contributed by atoms with van der Waals surface area (Å²) in [4.78, 5) is 0. The Labute approximate surface area is 135 Å². The zero-order valence-electron chi connectivity index (χ0n) is 12.8. The molecule has 3 heteroatoms. The van der Waals surface area contributed by atoms with E-state index in [2.05, 4.69) is 60.2 Å². The summed E-state index contributed by atoms with van der Waals surface area (Å²) < 4.78 is 6.90. The van der Waals surface area contributed by atoms with Gasteiger partial charge in [-0.05, 0) is 44.5 Å². The number of nitrogens with one attached hydrogen (secondary N) is 1. The minimum atomic E-state index is 0.134. The van der Waals surface area contributed by atoms with Crippen molar-refractivity contribution in [1.82, 2.24) is 5.32 Å². The van der Waals surface area contributed by atoms with Crippen LogP contribution in [0.3, 0.4) is 0 Å². The molecular formula is C18H22BrNO. The van der Waals surface area contributed by atoms with Crippen molar-refractivity contribution in [3.63, 3.8) is 0 Å². The Kier molecular flexibility index (Phi) is 5.43. The van der Waals surface area contributed by atoms with E-state index in [0.29, 0.717) is 6.61 Å². The minimum Gasteiger partial charge on any atom is -0.489 e. The summed E-state index contributed by atoms with van der Waals surface area (Å²) in [5, 5.41) is 3.48. The van der Waals surface area contributed by atoms with Crippen LogP contribution >= 0.6 is 15.9 Å². The first-order valence-electron chi connectivity index (χ1n) is 7.14. The molecule has 2 aromatic carbocycles. The molecule has 0 saturated heterocycles. The van der Waals surface area contributed by atoms with Crippen LogP contribution in [0.15, 0.2) is 53.0 Å². The molecule has 0 aliphatic heterocycles. The summed E-state index contributed by atoms with van der Waals surface area (Å²) in [5.74, 6) is 0.894. The van der Waals surface area contributed by atoms with Gasteiger partial charge in [0.05, 0.1) is 0 Å². The van der Waals surface area contributed by atoms with Crippen molar-refractivity contribution in [3.05, 3.63) is 64.1 Å². The second-order valence-corrected chi connectivity index (χ2v) is 6.98. The van der Waals surface area contributed by atoms with Crippen molar-refractivity contribution in [1.29, 1.82) is 0 Å². The van der Waals surface area contributed by atoms with Crippen LogP contribution in [0, 0.1) is 0 Å². The van der Waals surface area contributed by atoms with Gasteiger partial charge < -0.3 is 10.1 Å². The Hall–Kier alpha value is -1.32. The van der Waals surface area contributed by atoms with Crippen molar-refractivity contribution in [2.45, 2.75) is 39.5 Å². The third-order valence-corrected chi connectivity index (χ3v) is 3.87. The monoisotopic (exact) mass is 347 g/mol. The summed E-state index contributed by atoms with van der Waals surface area (Å²) >= 11 is 3.53. The van der Waals surface area contributed by atoms with Crippen LogP contribution in [0.2, 0.25) is 0 Å². The molecule has 2 nitrogen and oxygen atoms in total. The lowest BCUT2D eigenvalue weighted by Crippen LogP contribution is -2.34. The fraction of sp³-hybridized carbons (Fsp3) is 0.333. The Morgan fingerprint density at radius 3 is 2.29 bits per heavy atom. The molecular weight excluding hydrogens is 326 g/mol. The van der Waals surface area contributed by atoms with E-state index in [-0.39, 0.29) is 5.54 Å². The predicted octanol–water partition coefficient (Wildman–Crippen LogP) is 4.92. The second-order valence-electron chi connectivity index (χ2n) is 6.13. The van der Waals surface area contributed by atoms with E-state index < -0.39 is 0 Å². The molecule has 0 unspecified atom stereocenters. The molecule has 112 valence electrons. The maximum absolute atomic E-state index is 5.82. The van der Waals surface area contributed by atoms with Crippen molar-refractivity contribution in [2.24, 2.45) is 0 Å². The Bertz CT molecular complexity index is 573. The van der Waals surface area contributed by atoms with Crippen molar-refractivity contribution >= 4 is 15.9 Å². The maximum atomic E-state index is 5.82. The van der Waals surface area contributed by atoms with Crippen LogP contribution in [-0.2, 0) is 13.2 Å². The van der Waals surface area contributed by atoms with Gasteiger partial charge in [0.25, 0.3) is 0 Å². The van der Waals surface area contributed by atoms with Crippen LogP contribution < -0.4 is 10.1 Å². The largest absolute Gasteiger partial charge is 0.489 e. The number of hydrogen-bond acceptors (Lipinski definition) is 2. The average molecular weight is 348 g/mol. The van der Waals surface area contributed by atoms with Crippen LogP contribution in [0.4, 0.5) is 0 Å². The summed E-state index contributed by atoms with van der Waals surface area (Å²) in [5.41, 5.74) is 2.54. The predicted molar refractivity (Wildman–Crippen MR) is 91.5 cm³/mol. The van der Waals surface area contributed by atoms with E-state index in [1.807, 2.05) is 30.3 Å². The highest BCUT2D eigenvalue weighted by Crippen LogP contribution is 2.19. The molecule has 1 N–H and O–H groups in total. The fourth-order valence-electron chi connectivity index (χ4n) is 1.85. The van der Waals surface area contributed by atoms with E-state index in [4.69, 9.17) is 4.74 Å². The Balaban J connectivity index is 1.89. The molecule has 0 saturated carbocycles. The quantitative estimate of drug-likeness (QED) is 0.828. The fourth-order valence-corrected chi connectivity index (χ4v) is 2.25. The van der Waals surface area contributed by atoms with Gasteiger partial charge in [-0.1, -0.05) is 46.3 Å². The Morgan fingerprint density at radius 1 is 1.00 bits per heavy atom. The standard InChI is InChI=1S/C18H22BrNO/c1-18(2,3)20-12-14-8-10-16(11-9-14)21-13-15-6-4-5-7-17(15)19/h4-11,20H,12-13H2,1-3H3. The normalized spacial score (nSPS) is 11.4. The van der Waals surface area contributed by atoms with E-state index in [1.54, 1.807) is 0 Å². The molecule has 21 heavy (non-hydrogen) atoms. The number of ether oxygens (including phenoxy) is 1. The SMILES string of the molecule is CC(C)(C)NCc1ccc(OCc2ccccc2Br)cc1. The van der Waals surface area contributed by atoms with Gasteiger partial charge in [0.15, 0.2) is 0 Å². The van der Waals surface area contributed by atoms with E-state index in [1.165, 1.54) is 5.56 Å².